The fourth-order valence-corrected chi connectivity index (χ4v) is 8.19. The molecule has 3 aliphatic rings. The molecule has 0 aromatic heterocycles. The monoisotopic (exact) mass is 520 g/mol. The predicted molar refractivity (Wildman–Crippen MR) is 136 cm³/mol. The number of carboxylic acid groups (broad SMARTS) is 1. The first kappa shape index (κ1) is 26.0. The molecule has 3 heterocycles. The van der Waals surface area contributed by atoms with Crippen LogP contribution in [0.4, 0.5) is 0 Å². The second-order valence-corrected chi connectivity index (χ2v) is 11.7. The molecule has 2 saturated heterocycles. The maximum atomic E-state index is 13.4. The van der Waals surface area contributed by atoms with Gasteiger partial charge in [0.25, 0.3) is 5.91 Å². The number of nitrogens with zero attached hydrogens (tertiary/aromatic N) is 1. The highest BCUT2D eigenvalue weighted by Gasteiger charge is 2.68. The Balaban J connectivity index is 1.51. The third-order valence-electron chi connectivity index (χ3n) is 6.92. The van der Waals surface area contributed by atoms with Crippen LogP contribution in [0.5, 0.6) is 0 Å². The minimum Gasteiger partial charge on any atom is -0.477 e. The summed E-state index contributed by atoms with van der Waals surface area (Å²) in [6, 6.07) is 6.86. The number of carbonyl (C=O) groups is 3. The molecule has 11 heteroatoms. The molecule has 0 bridgehead atoms. The first-order chi connectivity index (χ1) is 16.8. The highest BCUT2D eigenvalue weighted by atomic mass is 32.2. The summed E-state index contributed by atoms with van der Waals surface area (Å²) in [5.74, 6) is -1.20. The molecule has 2 amide bonds. The van der Waals surface area contributed by atoms with Crippen molar-refractivity contribution >= 4 is 41.3 Å². The van der Waals surface area contributed by atoms with Crippen molar-refractivity contribution < 1.29 is 24.6 Å². The van der Waals surface area contributed by atoms with Gasteiger partial charge in [-0.15, -0.1) is 23.5 Å². The highest BCUT2D eigenvalue weighted by molar-refractivity contribution is 8.02. The number of β-lactam (4-membered cyclic amide) rings is 1. The lowest BCUT2D eigenvalue weighted by atomic mass is 9.78. The van der Waals surface area contributed by atoms with E-state index < -0.39 is 10.7 Å². The fraction of sp³-hybridized carbons (Fsp3) is 0.542. The molecule has 0 spiro atoms. The number of rotatable bonds is 11. The molecule has 0 radical (unpaired) electrons. The number of thioether (sulfide) groups is 2. The average Bonchev–Trinajstić information content (AvgIpc) is 3.45. The minimum atomic E-state index is -1.10. The van der Waals surface area contributed by atoms with Crippen molar-refractivity contribution in [2.45, 2.75) is 40.7 Å². The standard InChI is InChI=1S/C24H32N4O5S2/c1-14-18(13-34-16-4-2-15(3-5-16)21(30)27-10-8-25)19(22(31)32)28-20(14)24(7-11-29,23(28)33)35-17-6-9-26-12-17/h2-5,14,17,20,26,29H,6-13,25H2,1H3,(H,27,30)(H,31,32)/t14-,17?,20+,24?/m1/s1. The van der Waals surface area contributed by atoms with E-state index in [0.717, 1.165) is 30.0 Å². The zero-order valence-electron chi connectivity index (χ0n) is 19.7. The summed E-state index contributed by atoms with van der Waals surface area (Å²) in [5, 5.41) is 26.1. The number of aliphatic hydroxyl groups is 1. The van der Waals surface area contributed by atoms with Crippen molar-refractivity contribution in [3.8, 4) is 0 Å². The molecular formula is C24H32N4O5S2. The predicted octanol–water partition coefficient (Wildman–Crippen LogP) is 0.883. The van der Waals surface area contributed by atoms with Gasteiger partial charge in [-0.25, -0.2) is 4.79 Å². The largest absolute Gasteiger partial charge is 0.477 e. The number of hydrogen-bond donors (Lipinski definition) is 5. The number of amides is 2. The van der Waals surface area contributed by atoms with E-state index in [1.54, 1.807) is 23.9 Å². The number of fused-ring (bicyclic) bond motifs is 1. The number of hydrogen-bond acceptors (Lipinski definition) is 8. The molecule has 2 unspecified atom stereocenters. The quantitative estimate of drug-likeness (QED) is 0.212. The molecular weight excluding hydrogens is 488 g/mol. The smallest absolute Gasteiger partial charge is 0.352 e. The van der Waals surface area contributed by atoms with E-state index in [1.165, 1.54) is 16.7 Å². The number of nitrogens with two attached hydrogens (primary N) is 1. The maximum absolute atomic E-state index is 13.4. The Hall–Kier alpha value is -2.05. The molecule has 4 rings (SSSR count). The lowest BCUT2D eigenvalue weighted by molar-refractivity contribution is -0.153. The van der Waals surface area contributed by atoms with Crippen molar-refractivity contribution in [1.82, 2.24) is 15.5 Å². The Labute approximate surface area is 213 Å². The Kier molecular flexibility index (Phi) is 8.12. The number of nitrogens with one attached hydrogen (secondary N) is 2. The Morgan fingerprint density at radius 1 is 1.31 bits per heavy atom. The first-order valence-corrected chi connectivity index (χ1v) is 13.7. The van der Waals surface area contributed by atoms with Crippen molar-refractivity contribution in [2.24, 2.45) is 11.7 Å². The molecule has 6 N–H and O–H groups in total. The highest BCUT2D eigenvalue weighted by Crippen LogP contribution is 2.57. The van der Waals surface area contributed by atoms with Gasteiger partial charge in [0.2, 0.25) is 5.91 Å². The summed E-state index contributed by atoms with van der Waals surface area (Å²) in [4.78, 5) is 40.1. The Morgan fingerprint density at radius 3 is 2.66 bits per heavy atom. The third kappa shape index (κ3) is 4.84. The summed E-state index contributed by atoms with van der Waals surface area (Å²) < 4.78 is -0.795. The second-order valence-electron chi connectivity index (χ2n) is 9.04. The molecule has 0 aliphatic carbocycles. The SMILES string of the molecule is C[C@@H]1C(CSc2ccc(C(=O)NCCN)cc2)=C(C(=O)O)N2C(=O)C(CCO)(SC3CCNC3)[C@H]12. The molecule has 4 atom stereocenters. The van der Waals surface area contributed by atoms with Crippen molar-refractivity contribution in [2.75, 3.05) is 38.5 Å². The van der Waals surface area contributed by atoms with Gasteiger partial charge in [0.15, 0.2) is 0 Å². The second kappa shape index (κ2) is 10.9. The van der Waals surface area contributed by atoms with E-state index in [2.05, 4.69) is 10.6 Å². The van der Waals surface area contributed by atoms with Gasteiger partial charge in [0.05, 0.1) is 6.04 Å². The Bertz CT molecular complexity index is 1010. The number of carbonyl (C=O) groups excluding carboxylic acids is 2. The van der Waals surface area contributed by atoms with Crippen molar-refractivity contribution in [1.29, 1.82) is 0 Å². The van der Waals surface area contributed by atoms with Crippen LogP contribution in [0, 0.1) is 5.92 Å². The Morgan fingerprint density at radius 2 is 2.06 bits per heavy atom. The van der Waals surface area contributed by atoms with E-state index >= 15 is 0 Å². The van der Waals surface area contributed by atoms with Gasteiger partial charge >= 0.3 is 5.97 Å². The van der Waals surface area contributed by atoms with Crippen LogP contribution < -0.4 is 16.4 Å². The molecule has 1 aromatic carbocycles. The van der Waals surface area contributed by atoms with Crippen LogP contribution in [0.2, 0.25) is 0 Å². The van der Waals surface area contributed by atoms with Crippen molar-refractivity contribution in [3.63, 3.8) is 0 Å². The number of aliphatic carboxylic acids is 1. The molecule has 1 aromatic rings. The minimum absolute atomic E-state index is 0.0801. The average molecular weight is 521 g/mol. The van der Waals surface area contributed by atoms with Gasteiger partial charge in [-0.3, -0.25) is 14.5 Å². The number of benzene rings is 1. The van der Waals surface area contributed by atoms with E-state index in [1.807, 2.05) is 19.1 Å². The molecule has 2 fully saturated rings. The van der Waals surface area contributed by atoms with Crippen LogP contribution in [-0.2, 0) is 9.59 Å². The fourth-order valence-electron chi connectivity index (χ4n) is 5.25. The van der Waals surface area contributed by atoms with Gasteiger partial charge in [-0.05, 0) is 49.2 Å². The summed E-state index contributed by atoms with van der Waals surface area (Å²) in [5.41, 5.74) is 6.77. The van der Waals surface area contributed by atoms with Crippen LogP contribution in [0.1, 0.15) is 30.1 Å². The van der Waals surface area contributed by atoms with Gasteiger partial charge in [0.1, 0.15) is 10.4 Å². The summed E-state index contributed by atoms with van der Waals surface area (Å²) in [6.07, 6.45) is 1.27. The van der Waals surface area contributed by atoms with Gasteiger partial charge in [0, 0.05) is 53.6 Å². The lowest BCUT2D eigenvalue weighted by Crippen LogP contribution is -2.72. The van der Waals surface area contributed by atoms with Gasteiger partial charge < -0.3 is 26.6 Å². The maximum Gasteiger partial charge on any atom is 0.352 e. The molecule has 3 aliphatic heterocycles. The third-order valence-corrected chi connectivity index (χ3v) is 9.76. The van der Waals surface area contributed by atoms with Crippen LogP contribution in [0.3, 0.4) is 0 Å². The van der Waals surface area contributed by atoms with E-state index in [-0.39, 0.29) is 41.3 Å². The zero-order valence-corrected chi connectivity index (χ0v) is 21.3. The summed E-state index contributed by atoms with van der Waals surface area (Å²) in [6.45, 7) is 4.36. The molecule has 35 heavy (non-hydrogen) atoms. The summed E-state index contributed by atoms with van der Waals surface area (Å²) >= 11 is 3.09. The van der Waals surface area contributed by atoms with Crippen LogP contribution in [-0.4, -0.2) is 87.5 Å². The summed E-state index contributed by atoms with van der Waals surface area (Å²) in [7, 11) is 0. The molecule has 190 valence electrons. The van der Waals surface area contributed by atoms with Crippen molar-refractivity contribution in [3.05, 3.63) is 41.1 Å². The van der Waals surface area contributed by atoms with E-state index in [0.29, 0.717) is 30.8 Å². The first-order valence-electron chi connectivity index (χ1n) is 11.8. The number of carboxylic acids is 1. The van der Waals surface area contributed by atoms with E-state index in [9.17, 15) is 24.6 Å². The molecule has 9 nitrogen and oxygen atoms in total. The normalized spacial score (nSPS) is 27.7. The molecule has 0 saturated carbocycles. The van der Waals surface area contributed by atoms with Crippen LogP contribution in [0.15, 0.2) is 40.4 Å². The van der Waals surface area contributed by atoms with Crippen LogP contribution in [0.25, 0.3) is 0 Å². The topological polar surface area (TPSA) is 145 Å². The van der Waals surface area contributed by atoms with Crippen LogP contribution >= 0.6 is 23.5 Å². The number of aliphatic hydroxyl groups excluding tert-OH is 1. The zero-order chi connectivity index (χ0) is 25.2. The lowest BCUT2D eigenvalue weighted by Gasteiger charge is -2.55. The van der Waals surface area contributed by atoms with Gasteiger partial charge in [-0.1, -0.05) is 6.92 Å². The van der Waals surface area contributed by atoms with E-state index in [4.69, 9.17) is 5.73 Å². The van der Waals surface area contributed by atoms with Gasteiger partial charge in [-0.2, -0.15) is 0 Å².